The molecule has 20 heavy (non-hydrogen) atoms. The number of rotatable bonds is 5. The molecule has 2 rings (SSSR count). The minimum absolute atomic E-state index is 0.0662. The van der Waals surface area contributed by atoms with Crippen LogP contribution in [0.1, 0.15) is 18.9 Å². The fourth-order valence-corrected chi connectivity index (χ4v) is 1.89. The van der Waals surface area contributed by atoms with Crippen LogP contribution in [0.25, 0.3) is 0 Å². The topological polar surface area (TPSA) is 85.7 Å². The van der Waals surface area contributed by atoms with Gasteiger partial charge in [-0.2, -0.15) is 5.10 Å². The summed E-state index contributed by atoms with van der Waals surface area (Å²) in [5.41, 5.74) is 6.03. The molecule has 3 N–H and O–H groups in total. The molecule has 0 radical (unpaired) electrons. The Hall–Kier alpha value is -2.21. The van der Waals surface area contributed by atoms with Gasteiger partial charge >= 0.3 is 0 Å². The van der Waals surface area contributed by atoms with Crippen LogP contribution in [0.4, 0.5) is 0 Å². The first kappa shape index (κ1) is 14.2. The molecular formula is C13H15ClN4O2. The number of oxime groups is 1. The molecule has 0 saturated carbocycles. The maximum Gasteiger partial charge on any atom is 0.173 e. The summed E-state index contributed by atoms with van der Waals surface area (Å²) in [6.07, 6.45) is 4.38. The van der Waals surface area contributed by atoms with Gasteiger partial charge in [-0.25, -0.2) is 0 Å². The van der Waals surface area contributed by atoms with Crippen molar-refractivity contribution in [2.24, 2.45) is 10.9 Å². The number of hydrogen-bond acceptors (Lipinski definition) is 4. The lowest BCUT2D eigenvalue weighted by Crippen LogP contribution is -2.14. The molecule has 0 aliphatic heterocycles. The zero-order chi connectivity index (χ0) is 14.5. The molecule has 6 nitrogen and oxygen atoms in total. The van der Waals surface area contributed by atoms with Crippen LogP contribution in [0.15, 0.2) is 35.7 Å². The van der Waals surface area contributed by atoms with Gasteiger partial charge in [-0.3, -0.25) is 4.68 Å². The summed E-state index contributed by atoms with van der Waals surface area (Å²) < 4.78 is 7.49. The van der Waals surface area contributed by atoms with Gasteiger partial charge in [-0.15, -0.1) is 0 Å². The number of nitrogens with zero attached hydrogens (tertiary/aromatic N) is 3. The molecule has 106 valence electrons. The van der Waals surface area contributed by atoms with Gasteiger partial charge in [-0.1, -0.05) is 23.7 Å². The number of aryl methyl sites for hydroxylation is 1. The van der Waals surface area contributed by atoms with Crippen molar-refractivity contribution in [3.05, 3.63) is 41.2 Å². The van der Waals surface area contributed by atoms with Crippen LogP contribution >= 0.6 is 11.6 Å². The lowest BCUT2D eigenvalue weighted by Gasteiger charge is -2.09. The molecule has 1 heterocycles. The Labute approximate surface area is 121 Å². The zero-order valence-corrected chi connectivity index (χ0v) is 11.7. The van der Waals surface area contributed by atoms with E-state index in [1.165, 1.54) is 0 Å². The Morgan fingerprint density at radius 3 is 3.05 bits per heavy atom. The summed E-state index contributed by atoms with van der Waals surface area (Å²) in [5.74, 6) is 0.956. The minimum atomic E-state index is -0.0662. The number of halogens is 1. The van der Waals surface area contributed by atoms with Crippen LogP contribution < -0.4 is 10.5 Å². The first-order valence-corrected chi connectivity index (χ1v) is 6.49. The van der Waals surface area contributed by atoms with Crippen LogP contribution in [-0.4, -0.2) is 20.8 Å². The van der Waals surface area contributed by atoms with Crippen molar-refractivity contribution in [2.75, 3.05) is 0 Å². The Balaban J connectivity index is 2.28. The number of hydrogen-bond donors (Lipinski definition) is 2. The Morgan fingerprint density at radius 2 is 2.35 bits per heavy atom. The summed E-state index contributed by atoms with van der Waals surface area (Å²) >= 11 is 5.90. The molecule has 2 aromatic rings. The molecule has 1 aromatic heterocycles. The molecule has 0 atom stereocenters. The standard InChI is InChI=1S/C13H15ClN4O2/c1-2-5-18-8-10(7-16-18)20-12-4-3-9(14)6-11(12)13(15)17-19/h3-4,6-8,19H,2,5H2,1H3,(H2,15,17). The summed E-state index contributed by atoms with van der Waals surface area (Å²) in [4.78, 5) is 0. The fourth-order valence-electron chi connectivity index (χ4n) is 1.72. The molecule has 0 aliphatic rings. The van der Waals surface area contributed by atoms with E-state index in [2.05, 4.69) is 17.2 Å². The molecule has 7 heteroatoms. The Kier molecular flexibility index (Phi) is 4.47. The van der Waals surface area contributed by atoms with Crippen LogP contribution in [0, 0.1) is 0 Å². The molecule has 0 aliphatic carbocycles. The molecule has 0 fully saturated rings. The number of aromatic nitrogens is 2. The summed E-state index contributed by atoms with van der Waals surface area (Å²) in [6.45, 7) is 2.88. The van der Waals surface area contributed by atoms with Crippen molar-refractivity contribution in [2.45, 2.75) is 19.9 Å². The van der Waals surface area contributed by atoms with Gasteiger partial charge in [-0.05, 0) is 24.6 Å². The maximum absolute atomic E-state index is 8.79. The van der Waals surface area contributed by atoms with Crippen molar-refractivity contribution in [3.8, 4) is 11.5 Å². The molecule has 0 amide bonds. The van der Waals surface area contributed by atoms with E-state index in [9.17, 15) is 0 Å². The maximum atomic E-state index is 8.79. The second-order valence-electron chi connectivity index (χ2n) is 4.17. The van der Waals surface area contributed by atoms with Gasteiger partial charge in [0.15, 0.2) is 11.6 Å². The molecule has 0 spiro atoms. The highest BCUT2D eigenvalue weighted by atomic mass is 35.5. The van der Waals surface area contributed by atoms with Crippen LogP contribution in [-0.2, 0) is 6.54 Å². The van der Waals surface area contributed by atoms with Crippen molar-refractivity contribution in [3.63, 3.8) is 0 Å². The van der Waals surface area contributed by atoms with Crippen LogP contribution in [0.3, 0.4) is 0 Å². The molecule has 1 aromatic carbocycles. The molecular weight excluding hydrogens is 280 g/mol. The fraction of sp³-hybridized carbons (Fsp3) is 0.231. The SMILES string of the molecule is CCCn1cc(Oc2ccc(Cl)cc2/C(N)=N/O)cn1. The van der Waals surface area contributed by atoms with Gasteiger partial charge in [0.05, 0.1) is 18.0 Å². The van der Waals surface area contributed by atoms with Crippen LogP contribution in [0.5, 0.6) is 11.5 Å². The number of nitrogens with two attached hydrogens (primary N) is 1. The predicted molar refractivity (Wildman–Crippen MR) is 76.6 cm³/mol. The third-order valence-electron chi connectivity index (χ3n) is 2.62. The zero-order valence-electron chi connectivity index (χ0n) is 11.0. The average Bonchev–Trinajstić information content (AvgIpc) is 2.88. The van der Waals surface area contributed by atoms with Gasteiger partial charge in [0, 0.05) is 11.6 Å². The Bertz CT molecular complexity index is 625. The third kappa shape index (κ3) is 3.21. The van der Waals surface area contributed by atoms with Crippen molar-refractivity contribution >= 4 is 17.4 Å². The molecule has 0 bridgehead atoms. The van der Waals surface area contributed by atoms with Crippen molar-refractivity contribution in [1.29, 1.82) is 0 Å². The lowest BCUT2D eigenvalue weighted by molar-refractivity contribution is 0.318. The second-order valence-corrected chi connectivity index (χ2v) is 4.60. The Morgan fingerprint density at radius 1 is 1.55 bits per heavy atom. The highest BCUT2D eigenvalue weighted by molar-refractivity contribution is 6.31. The lowest BCUT2D eigenvalue weighted by atomic mass is 10.2. The summed E-state index contributed by atoms with van der Waals surface area (Å²) in [6, 6.07) is 4.90. The summed E-state index contributed by atoms with van der Waals surface area (Å²) in [5, 5.41) is 16.4. The monoisotopic (exact) mass is 294 g/mol. The minimum Gasteiger partial charge on any atom is -0.453 e. The van der Waals surface area contributed by atoms with E-state index in [1.54, 1.807) is 35.3 Å². The van der Waals surface area contributed by atoms with Gasteiger partial charge in [0.2, 0.25) is 0 Å². The number of ether oxygens (including phenoxy) is 1. The summed E-state index contributed by atoms with van der Waals surface area (Å²) in [7, 11) is 0. The normalized spacial score (nSPS) is 11.6. The number of amidine groups is 1. The average molecular weight is 295 g/mol. The highest BCUT2D eigenvalue weighted by Gasteiger charge is 2.11. The predicted octanol–water partition coefficient (Wildman–Crippen LogP) is 2.83. The first-order valence-electron chi connectivity index (χ1n) is 6.11. The second kappa shape index (κ2) is 6.29. The quantitative estimate of drug-likeness (QED) is 0.384. The molecule has 0 saturated heterocycles. The van der Waals surface area contributed by atoms with Gasteiger partial charge < -0.3 is 15.7 Å². The van der Waals surface area contributed by atoms with Crippen molar-refractivity contribution < 1.29 is 9.94 Å². The van der Waals surface area contributed by atoms with E-state index in [0.717, 1.165) is 13.0 Å². The first-order chi connectivity index (χ1) is 9.63. The largest absolute Gasteiger partial charge is 0.453 e. The molecule has 0 unspecified atom stereocenters. The van der Waals surface area contributed by atoms with Crippen LogP contribution in [0.2, 0.25) is 5.02 Å². The van der Waals surface area contributed by atoms with E-state index in [-0.39, 0.29) is 5.84 Å². The van der Waals surface area contributed by atoms with E-state index in [1.807, 2.05) is 0 Å². The van der Waals surface area contributed by atoms with E-state index in [0.29, 0.717) is 22.1 Å². The number of benzene rings is 1. The van der Waals surface area contributed by atoms with E-state index >= 15 is 0 Å². The smallest absolute Gasteiger partial charge is 0.173 e. The third-order valence-corrected chi connectivity index (χ3v) is 2.85. The van der Waals surface area contributed by atoms with E-state index in [4.69, 9.17) is 27.3 Å². The van der Waals surface area contributed by atoms with E-state index < -0.39 is 0 Å². The van der Waals surface area contributed by atoms with Crippen molar-refractivity contribution in [1.82, 2.24) is 9.78 Å². The highest BCUT2D eigenvalue weighted by Crippen LogP contribution is 2.27. The van der Waals surface area contributed by atoms with Gasteiger partial charge in [0.1, 0.15) is 5.75 Å². The van der Waals surface area contributed by atoms with Gasteiger partial charge in [0.25, 0.3) is 0 Å².